The molecule has 0 saturated carbocycles. The molecule has 1 aromatic heterocycles. The molecule has 0 radical (unpaired) electrons. The van der Waals surface area contributed by atoms with Gasteiger partial charge >= 0.3 is 6.18 Å². The average molecular weight is 435 g/mol. The average Bonchev–Trinajstić information content (AvgIpc) is 3.12. The molecule has 0 spiro atoms. The molecule has 4 nitrogen and oxygen atoms in total. The SMILES string of the molecule is O=C1C(c2ccc(C(F)(F)F)cc2)=C(N2CCN(c3ccccn3)CC2)c2ccccc21. The first-order valence-electron chi connectivity index (χ1n) is 10.4. The summed E-state index contributed by atoms with van der Waals surface area (Å²) in [5, 5.41) is 0. The number of anilines is 1. The first-order valence-corrected chi connectivity index (χ1v) is 10.4. The number of alkyl halides is 3. The molecular formula is C25H20F3N3O. The van der Waals surface area contributed by atoms with Crippen molar-refractivity contribution in [2.45, 2.75) is 6.18 Å². The van der Waals surface area contributed by atoms with Crippen molar-refractivity contribution in [3.63, 3.8) is 0 Å². The zero-order valence-corrected chi connectivity index (χ0v) is 17.1. The minimum absolute atomic E-state index is 0.150. The van der Waals surface area contributed by atoms with Gasteiger partial charge in [-0.05, 0) is 29.8 Å². The Morgan fingerprint density at radius 2 is 1.38 bits per heavy atom. The molecule has 0 N–H and O–H groups in total. The number of ketones is 1. The maximum atomic E-state index is 13.3. The van der Waals surface area contributed by atoms with E-state index >= 15 is 0 Å². The van der Waals surface area contributed by atoms with Gasteiger partial charge in [-0.15, -0.1) is 0 Å². The van der Waals surface area contributed by atoms with Crippen LogP contribution >= 0.6 is 0 Å². The van der Waals surface area contributed by atoms with Crippen molar-refractivity contribution in [2.75, 3.05) is 31.1 Å². The molecule has 1 saturated heterocycles. The Kier molecular flexibility index (Phi) is 4.96. The quantitative estimate of drug-likeness (QED) is 0.581. The van der Waals surface area contributed by atoms with Crippen LogP contribution < -0.4 is 4.90 Å². The van der Waals surface area contributed by atoms with E-state index < -0.39 is 11.7 Å². The Morgan fingerprint density at radius 3 is 2.00 bits per heavy atom. The van der Waals surface area contributed by atoms with E-state index in [0.29, 0.717) is 29.8 Å². The molecule has 32 heavy (non-hydrogen) atoms. The Bertz CT molecular complexity index is 1180. The summed E-state index contributed by atoms with van der Waals surface area (Å²) in [4.78, 5) is 22.1. The molecule has 1 fully saturated rings. The van der Waals surface area contributed by atoms with Crippen molar-refractivity contribution >= 4 is 22.9 Å². The molecule has 0 unspecified atom stereocenters. The van der Waals surface area contributed by atoms with Crippen molar-refractivity contribution in [1.82, 2.24) is 9.88 Å². The number of allylic oxidation sites excluding steroid dienone is 1. The second kappa shape index (κ2) is 7.82. The molecule has 3 aromatic rings. The number of carbonyl (C=O) groups is 1. The third-order valence-corrected chi connectivity index (χ3v) is 5.96. The van der Waals surface area contributed by atoms with Gasteiger partial charge in [0.1, 0.15) is 5.82 Å². The van der Waals surface area contributed by atoms with Gasteiger partial charge in [-0.2, -0.15) is 13.2 Å². The molecule has 0 bridgehead atoms. The van der Waals surface area contributed by atoms with Gasteiger partial charge in [0.05, 0.1) is 16.8 Å². The monoisotopic (exact) mass is 435 g/mol. The highest BCUT2D eigenvalue weighted by molar-refractivity contribution is 6.39. The van der Waals surface area contributed by atoms with Crippen LogP contribution in [0.15, 0.2) is 72.9 Å². The van der Waals surface area contributed by atoms with Gasteiger partial charge in [-0.1, -0.05) is 42.5 Å². The lowest BCUT2D eigenvalue weighted by Crippen LogP contribution is -2.45. The fraction of sp³-hybridized carbons (Fsp3) is 0.200. The van der Waals surface area contributed by atoms with E-state index in [-0.39, 0.29) is 5.78 Å². The molecule has 2 aliphatic rings. The van der Waals surface area contributed by atoms with Gasteiger partial charge in [0.25, 0.3) is 0 Å². The predicted molar refractivity (Wildman–Crippen MR) is 117 cm³/mol. The molecule has 2 aromatic carbocycles. The highest BCUT2D eigenvalue weighted by Crippen LogP contribution is 2.41. The highest BCUT2D eigenvalue weighted by atomic mass is 19.4. The summed E-state index contributed by atoms with van der Waals surface area (Å²) in [7, 11) is 0. The normalized spacial score (nSPS) is 16.5. The van der Waals surface area contributed by atoms with Gasteiger partial charge in [0.2, 0.25) is 0 Å². The molecule has 0 amide bonds. The van der Waals surface area contributed by atoms with Gasteiger partial charge in [0.15, 0.2) is 5.78 Å². The number of Topliss-reactive ketones (excluding diaryl/α,β-unsaturated/α-hetero) is 1. The molecule has 0 atom stereocenters. The number of fused-ring (bicyclic) bond motifs is 1. The van der Waals surface area contributed by atoms with E-state index in [2.05, 4.69) is 14.8 Å². The topological polar surface area (TPSA) is 36.4 Å². The summed E-state index contributed by atoms with van der Waals surface area (Å²) in [5.41, 5.74) is 2.46. The van der Waals surface area contributed by atoms with Crippen LogP contribution in [0.4, 0.5) is 19.0 Å². The lowest BCUT2D eigenvalue weighted by molar-refractivity contribution is -0.137. The Morgan fingerprint density at radius 1 is 0.750 bits per heavy atom. The maximum Gasteiger partial charge on any atom is 0.416 e. The third-order valence-electron chi connectivity index (χ3n) is 5.96. The summed E-state index contributed by atoms with van der Waals surface area (Å²) in [6.45, 7) is 2.82. The van der Waals surface area contributed by atoms with Crippen molar-refractivity contribution in [2.24, 2.45) is 0 Å². The van der Waals surface area contributed by atoms with Crippen LogP contribution in [-0.4, -0.2) is 41.8 Å². The number of rotatable bonds is 3. The summed E-state index contributed by atoms with van der Waals surface area (Å²) >= 11 is 0. The van der Waals surface area contributed by atoms with E-state index in [1.54, 1.807) is 12.3 Å². The van der Waals surface area contributed by atoms with Crippen molar-refractivity contribution in [1.29, 1.82) is 0 Å². The predicted octanol–water partition coefficient (Wildman–Crippen LogP) is 4.99. The summed E-state index contributed by atoms with van der Waals surface area (Å²) in [6, 6.07) is 18.0. The first-order chi connectivity index (χ1) is 15.4. The van der Waals surface area contributed by atoms with Crippen LogP contribution in [0.1, 0.15) is 27.0 Å². The zero-order valence-electron chi connectivity index (χ0n) is 17.1. The minimum Gasteiger partial charge on any atom is -0.367 e. The number of nitrogens with zero attached hydrogens (tertiary/aromatic N) is 3. The van der Waals surface area contributed by atoms with Gasteiger partial charge < -0.3 is 9.80 Å². The molecule has 2 heterocycles. The summed E-state index contributed by atoms with van der Waals surface area (Å²) in [5.74, 6) is 0.759. The van der Waals surface area contributed by atoms with Crippen LogP contribution in [0.3, 0.4) is 0 Å². The second-order valence-corrected chi connectivity index (χ2v) is 7.84. The Balaban J connectivity index is 1.51. The fourth-order valence-electron chi connectivity index (χ4n) is 4.39. The number of pyridine rings is 1. The largest absolute Gasteiger partial charge is 0.416 e. The van der Waals surface area contributed by atoms with Crippen LogP contribution in [0, 0.1) is 0 Å². The molecule has 5 rings (SSSR count). The molecular weight excluding hydrogens is 415 g/mol. The number of hydrogen-bond donors (Lipinski definition) is 0. The number of halogens is 3. The van der Waals surface area contributed by atoms with Crippen molar-refractivity contribution < 1.29 is 18.0 Å². The maximum absolute atomic E-state index is 13.3. The lowest BCUT2D eigenvalue weighted by Gasteiger charge is -2.38. The van der Waals surface area contributed by atoms with Gasteiger partial charge in [-0.25, -0.2) is 4.98 Å². The van der Waals surface area contributed by atoms with E-state index in [1.165, 1.54) is 12.1 Å². The number of aromatic nitrogens is 1. The van der Waals surface area contributed by atoms with E-state index in [4.69, 9.17) is 0 Å². The number of carbonyl (C=O) groups excluding carboxylic acids is 1. The summed E-state index contributed by atoms with van der Waals surface area (Å²) in [6.07, 6.45) is -2.65. The van der Waals surface area contributed by atoms with E-state index in [1.807, 2.05) is 36.4 Å². The van der Waals surface area contributed by atoms with Crippen LogP contribution in [-0.2, 0) is 6.18 Å². The Hall–Kier alpha value is -3.61. The molecule has 1 aliphatic carbocycles. The number of benzene rings is 2. The molecule has 162 valence electrons. The zero-order chi connectivity index (χ0) is 22.3. The third kappa shape index (κ3) is 3.53. The van der Waals surface area contributed by atoms with E-state index in [9.17, 15) is 18.0 Å². The Labute approximate surface area is 183 Å². The standard InChI is InChI=1S/C25H20F3N3O/c26-25(27,28)18-10-8-17(9-11-18)22-23(19-5-1-2-6-20(19)24(22)32)31-15-13-30(14-16-31)21-7-3-4-12-29-21/h1-12H,13-16H2. The first kappa shape index (κ1) is 20.3. The fourth-order valence-corrected chi connectivity index (χ4v) is 4.39. The molecule has 1 aliphatic heterocycles. The number of hydrogen-bond acceptors (Lipinski definition) is 4. The van der Waals surface area contributed by atoms with Crippen LogP contribution in [0.25, 0.3) is 11.3 Å². The highest BCUT2D eigenvalue weighted by Gasteiger charge is 2.35. The smallest absolute Gasteiger partial charge is 0.367 e. The van der Waals surface area contributed by atoms with Crippen molar-refractivity contribution in [3.05, 3.63) is 95.2 Å². The van der Waals surface area contributed by atoms with Gasteiger partial charge in [0, 0.05) is 43.5 Å². The summed E-state index contributed by atoms with van der Waals surface area (Å²) < 4.78 is 39.1. The minimum atomic E-state index is -4.42. The molecule has 7 heteroatoms. The lowest BCUT2D eigenvalue weighted by atomic mass is 10.00. The van der Waals surface area contributed by atoms with Crippen LogP contribution in [0.5, 0.6) is 0 Å². The van der Waals surface area contributed by atoms with E-state index in [0.717, 1.165) is 42.3 Å². The van der Waals surface area contributed by atoms with Gasteiger partial charge in [-0.3, -0.25) is 4.79 Å². The second-order valence-electron chi connectivity index (χ2n) is 7.84. The number of piperazine rings is 1. The van der Waals surface area contributed by atoms with Crippen LogP contribution in [0.2, 0.25) is 0 Å². The van der Waals surface area contributed by atoms with Crippen molar-refractivity contribution in [3.8, 4) is 0 Å².